The van der Waals surface area contributed by atoms with Crippen LogP contribution in [-0.4, -0.2) is 19.5 Å². The van der Waals surface area contributed by atoms with E-state index in [0.29, 0.717) is 12.1 Å². The molecule has 2 aromatic carbocycles. The number of sulfonamides is 1. The lowest BCUT2D eigenvalue weighted by atomic mass is 10.1. The normalized spacial score (nSPS) is 11.9. The first-order chi connectivity index (χ1) is 14.4. The van der Waals surface area contributed by atoms with E-state index in [9.17, 15) is 30.8 Å². The number of anilines is 2. The molecule has 13 heteroatoms. The Morgan fingerprint density at radius 1 is 1.16 bits per heavy atom. The van der Waals surface area contributed by atoms with E-state index in [1.165, 1.54) is 6.92 Å². The van der Waals surface area contributed by atoms with Gasteiger partial charge in [0.1, 0.15) is 22.0 Å². The molecule has 7 nitrogen and oxygen atoms in total. The molecule has 0 aliphatic heterocycles. The number of amides is 1. The molecule has 0 aliphatic rings. The van der Waals surface area contributed by atoms with Gasteiger partial charge in [-0.2, -0.15) is 13.2 Å². The van der Waals surface area contributed by atoms with Crippen molar-refractivity contribution in [3.63, 3.8) is 0 Å². The number of carbonyl (C=O) groups excluding carboxylic acids is 1. The Kier molecular flexibility index (Phi) is 5.96. The number of rotatable bonds is 5. The number of hydrogen-bond donors (Lipinski definition) is 2. The van der Waals surface area contributed by atoms with Crippen molar-refractivity contribution in [3.8, 4) is 0 Å². The molecule has 0 radical (unpaired) electrons. The Morgan fingerprint density at radius 2 is 1.87 bits per heavy atom. The summed E-state index contributed by atoms with van der Waals surface area (Å²) < 4.78 is 85.4. The molecule has 0 saturated carbocycles. The van der Waals surface area contributed by atoms with Crippen molar-refractivity contribution in [2.75, 3.05) is 10.0 Å². The molecule has 1 heterocycles. The van der Waals surface area contributed by atoms with Crippen molar-refractivity contribution in [2.24, 2.45) is 0 Å². The fraction of sp³-hybridized carbons (Fsp3) is 0.111. The first kappa shape index (κ1) is 22.6. The van der Waals surface area contributed by atoms with Gasteiger partial charge >= 0.3 is 6.18 Å². The van der Waals surface area contributed by atoms with Gasteiger partial charge < -0.3 is 9.84 Å². The van der Waals surface area contributed by atoms with Gasteiger partial charge in [-0.3, -0.25) is 9.52 Å². The summed E-state index contributed by atoms with van der Waals surface area (Å²) in [6, 6.07) is 4.80. The van der Waals surface area contributed by atoms with Crippen LogP contribution in [0.1, 0.15) is 21.7 Å². The van der Waals surface area contributed by atoms with Crippen LogP contribution in [0.15, 0.2) is 52.0 Å². The summed E-state index contributed by atoms with van der Waals surface area (Å²) in [5.41, 5.74) is -2.41. The van der Waals surface area contributed by atoms with Crippen LogP contribution in [0, 0.1) is 12.7 Å². The summed E-state index contributed by atoms with van der Waals surface area (Å²) in [4.78, 5) is 11.6. The lowest BCUT2D eigenvalue weighted by Crippen LogP contribution is -2.19. The van der Waals surface area contributed by atoms with E-state index >= 15 is 0 Å². The molecule has 0 spiro atoms. The van der Waals surface area contributed by atoms with Crippen LogP contribution in [0.25, 0.3) is 0 Å². The summed E-state index contributed by atoms with van der Waals surface area (Å²) >= 11 is 5.71. The average Bonchev–Trinajstić information content (AvgIpc) is 3.07. The zero-order valence-corrected chi connectivity index (χ0v) is 17.0. The number of benzene rings is 2. The van der Waals surface area contributed by atoms with Gasteiger partial charge in [-0.05, 0) is 43.3 Å². The second-order valence-corrected chi connectivity index (χ2v) is 8.25. The first-order valence-corrected chi connectivity index (χ1v) is 10.2. The van der Waals surface area contributed by atoms with Crippen LogP contribution in [-0.2, 0) is 16.2 Å². The number of hydrogen-bond acceptors (Lipinski definition) is 5. The van der Waals surface area contributed by atoms with Crippen molar-refractivity contribution >= 4 is 38.9 Å². The molecule has 0 fully saturated rings. The van der Waals surface area contributed by atoms with Gasteiger partial charge in [0.2, 0.25) is 0 Å². The van der Waals surface area contributed by atoms with Gasteiger partial charge in [0.15, 0.2) is 0 Å². The summed E-state index contributed by atoms with van der Waals surface area (Å²) in [7, 11) is -4.58. The molecule has 1 aromatic heterocycles. The monoisotopic (exact) mass is 477 g/mol. The molecule has 2 N–H and O–H groups in total. The van der Waals surface area contributed by atoms with Gasteiger partial charge in [0.25, 0.3) is 15.9 Å². The molecule has 164 valence electrons. The van der Waals surface area contributed by atoms with E-state index in [1.807, 2.05) is 0 Å². The number of halogens is 5. The van der Waals surface area contributed by atoms with Crippen LogP contribution >= 0.6 is 11.6 Å². The second kappa shape index (κ2) is 8.19. The van der Waals surface area contributed by atoms with Gasteiger partial charge in [-0.1, -0.05) is 16.8 Å². The highest BCUT2D eigenvalue weighted by Gasteiger charge is 2.35. The van der Waals surface area contributed by atoms with Crippen molar-refractivity contribution < 1.29 is 35.3 Å². The Bertz CT molecular complexity index is 1260. The van der Waals surface area contributed by atoms with E-state index in [-0.39, 0.29) is 17.0 Å². The molecule has 0 bridgehead atoms. The molecular formula is C18H12ClF4N3O4S. The van der Waals surface area contributed by atoms with Gasteiger partial charge in [0.05, 0.1) is 22.5 Å². The lowest BCUT2D eigenvalue weighted by Gasteiger charge is -2.17. The topological polar surface area (TPSA) is 101 Å². The molecule has 1 amide bonds. The average molecular weight is 478 g/mol. The third kappa shape index (κ3) is 4.97. The SMILES string of the molecule is Cc1oncc1C(=O)Nc1ccc(NS(=O)(=O)c2ccc(F)cc2Cl)c(C(F)(F)F)c1. The highest BCUT2D eigenvalue weighted by molar-refractivity contribution is 7.92. The largest absolute Gasteiger partial charge is 0.418 e. The third-order valence-corrected chi connectivity index (χ3v) is 5.85. The molecule has 3 rings (SSSR count). The summed E-state index contributed by atoms with van der Waals surface area (Å²) in [5, 5.41) is 5.16. The summed E-state index contributed by atoms with van der Waals surface area (Å²) in [5.74, 6) is -1.42. The smallest absolute Gasteiger partial charge is 0.361 e. The summed E-state index contributed by atoms with van der Waals surface area (Å²) in [6.45, 7) is 1.45. The minimum atomic E-state index is -4.97. The number of nitrogens with one attached hydrogen (secondary N) is 2. The third-order valence-electron chi connectivity index (χ3n) is 4.01. The van der Waals surface area contributed by atoms with Crippen molar-refractivity contribution in [2.45, 2.75) is 18.0 Å². The Balaban J connectivity index is 1.95. The molecule has 0 aliphatic carbocycles. The van der Waals surface area contributed by atoms with Crippen molar-refractivity contribution in [1.82, 2.24) is 5.16 Å². The lowest BCUT2D eigenvalue weighted by molar-refractivity contribution is -0.136. The Morgan fingerprint density at radius 3 is 2.45 bits per heavy atom. The van der Waals surface area contributed by atoms with E-state index in [0.717, 1.165) is 30.5 Å². The first-order valence-electron chi connectivity index (χ1n) is 8.30. The molecule has 0 atom stereocenters. The number of nitrogens with zero attached hydrogens (tertiary/aromatic N) is 1. The highest BCUT2D eigenvalue weighted by atomic mass is 35.5. The fourth-order valence-corrected chi connectivity index (χ4v) is 4.17. The fourth-order valence-electron chi connectivity index (χ4n) is 2.55. The summed E-state index contributed by atoms with van der Waals surface area (Å²) in [6.07, 6.45) is -3.87. The van der Waals surface area contributed by atoms with Crippen LogP contribution < -0.4 is 10.0 Å². The number of aromatic nitrogens is 1. The quantitative estimate of drug-likeness (QED) is 0.512. The van der Waals surface area contributed by atoms with Gasteiger partial charge in [-0.25, -0.2) is 12.8 Å². The van der Waals surface area contributed by atoms with Crippen molar-refractivity contribution in [1.29, 1.82) is 0 Å². The minimum Gasteiger partial charge on any atom is -0.361 e. The second-order valence-electron chi connectivity index (χ2n) is 6.19. The van der Waals surface area contributed by atoms with Crippen LogP contribution in [0.3, 0.4) is 0 Å². The number of carbonyl (C=O) groups is 1. The maximum absolute atomic E-state index is 13.6. The molecule has 31 heavy (non-hydrogen) atoms. The molecule has 0 unspecified atom stereocenters. The zero-order chi connectivity index (χ0) is 23.0. The van der Waals surface area contributed by atoms with Crippen molar-refractivity contribution in [3.05, 3.63) is 70.3 Å². The highest BCUT2D eigenvalue weighted by Crippen LogP contribution is 2.38. The van der Waals surface area contributed by atoms with E-state index < -0.39 is 49.1 Å². The number of aryl methyl sites for hydroxylation is 1. The Labute approximate surface area is 178 Å². The van der Waals surface area contributed by atoms with E-state index in [1.54, 1.807) is 4.72 Å². The minimum absolute atomic E-state index is 0.0179. The predicted octanol–water partition coefficient (Wildman–Crippen LogP) is 4.85. The van der Waals surface area contributed by atoms with E-state index in [4.69, 9.17) is 16.1 Å². The maximum Gasteiger partial charge on any atom is 0.418 e. The van der Waals surface area contributed by atoms with Gasteiger partial charge in [-0.15, -0.1) is 0 Å². The molecular weight excluding hydrogens is 466 g/mol. The van der Waals surface area contributed by atoms with Gasteiger partial charge in [0, 0.05) is 5.69 Å². The maximum atomic E-state index is 13.6. The Hall–Kier alpha value is -3.12. The number of alkyl halides is 3. The predicted molar refractivity (Wildman–Crippen MR) is 103 cm³/mol. The standard InChI is InChI=1S/C18H12ClF4N3O4S/c1-9-12(8-24-30-9)17(27)25-11-3-4-15(13(7-11)18(21,22)23)26-31(28,29)16-5-2-10(20)6-14(16)19/h2-8,26H,1H3,(H,25,27). The van der Waals surface area contributed by atoms with Crippen LogP contribution in [0.2, 0.25) is 5.02 Å². The zero-order valence-electron chi connectivity index (χ0n) is 15.4. The molecule has 3 aromatic rings. The molecule has 0 saturated heterocycles. The van der Waals surface area contributed by atoms with Crippen LogP contribution in [0.4, 0.5) is 28.9 Å². The van der Waals surface area contributed by atoms with E-state index in [2.05, 4.69) is 10.5 Å². The van der Waals surface area contributed by atoms with Crippen LogP contribution in [0.5, 0.6) is 0 Å².